The molecule has 0 bridgehead atoms. The number of nitrogens with zero attached hydrogens (tertiary/aromatic N) is 1. The number of benzene rings is 2. The van der Waals surface area contributed by atoms with Gasteiger partial charge in [-0.1, -0.05) is 41.7 Å². The van der Waals surface area contributed by atoms with Gasteiger partial charge < -0.3 is 0 Å². The highest BCUT2D eigenvalue weighted by atomic mass is 32.1. The number of nitrogens with one attached hydrogen (secondary N) is 1. The van der Waals surface area contributed by atoms with Crippen molar-refractivity contribution in [2.24, 2.45) is 5.84 Å². The molecule has 0 atom stereocenters. The molecule has 0 amide bonds. The molecule has 0 fully saturated rings. The normalized spacial score (nSPS) is 11.0. The molecule has 0 aliphatic rings. The summed E-state index contributed by atoms with van der Waals surface area (Å²) in [5.74, 6) is 5.36. The second kappa shape index (κ2) is 3.18. The molecule has 0 aliphatic carbocycles. The molecule has 3 nitrogen and oxygen atoms in total. The third kappa shape index (κ3) is 1.26. The van der Waals surface area contributed by atoms with E-state index in [0.29, 0.717) is 0 Å². The van der Waals surface area contributed by atoms with E-state index in [2.05, 4.69) is 34.7 Å². The number of nitrogen functional groups attached to an aromatic ring is 1. The van der Waals surface area contributed by atoms with Crippen molar-refractivity contribution in [3.8, 4) is 0 Å². The minimum absolute atomic E-state index is 0.751. The fourth-order valence-electron chi connectivity index (χ4n) is 1.72. The highest BCUT2D eigenvalue weighted by molar-refractivity contribution is 7.22. The van der Waals surface area contributed by atoms with Gasteiger partial charge in [0.1, 0.15) is 0 Å². The van der Waals surface area contributed by atoms with Crippen LogP contribution in [0.3, 0.4) is 0 Å². The largest absolute Gasteiger partial charge is 0.300 e. The van der Waals surface area contributed by atoms with E-state index in [0.717, 1.165) is 15.3 Å². The van der Waals surface area contributed by atoms with Gasteiger partial charge in [0.25, 0.3) is 0 Å². The first kappa shape index (κ1) is 8.64. The van der Waals surface area contributed by atoms with Crippen LogP contribution in [0.4, 0.5) is 5.13 Å². The topological polar surface area (TPSA) is 50.9 Å². The van der Waals surface area contributed by atoms with Gasteiger partial charge in [-0.25, -0.2) is 10.8 Å². The summed E-state index contributed by atoms with van der Waals surface area (Å²) in [4.78, 5) is 4.44. The number of hydrogen-bond acceptors (Lipinski definition) is 4. The maximum atomic E-state index is 5.36. The zero-order valence-electron chi connectivity index (χ0n) is 7.90. The van der Waals surface area contributed by atoms with E-state index in [1.165, 1.54) is 10.8 Å². The van der Waals surface area contributed by atoms with Crippen molar-refractivity contribution in [2.75, 3.05) is 5.43 Å². The van der Waals surface area contributed by atoms with Crippen molar-refractivity contribution in [3.63, 3.8) is 0 Å². The summed E-state index contributed by atoms with van der Waals surface area (Å²) in [5.41, 5.74) is 3.61. The summed E-state index contributed by atoms with van der Waals surface area (Å²) in [6, 6.07) is 12.4. The van der Waals surface area contributed by atoms with Gasteiger partial charge in [-0.05, 0) is 11.5 Å². The molecule has 0 spiro atoms. The van der Waals surface area contributed by atoms with Crippen molar-refractivity contribution in [3.05, 3.63) is 36.4 Å². The molecule has 15 heavy (non-hydrogen) atoms. The van der Waals surface area contributed by atoms with E-state index in [-0.39, 0.29) is 0 Å². The van der Waals surface area contributed by atoms with Gasteiger partial charge in [0.2, 0.25) is 0 Å². The monoisotopic (exact) mass is 215 g/mol. The molecule has 0 saturated heterocycles. The van der Waals surface area contributed by atoms with Crippen LogP contribution < -0.4 is 11.3 Å². The number of aromatic nitrogens is 1. The Morgan fingerprint density at radius 1 is 1.13 bits per heavy atom. The Balaban J connectivity index is 2.47. The molecule has 2 aromatic carbocycles. The van der Waals surface area contributed by atoms with Gasteiger partial charge in [0, 0.05) is 5.39 Å². The maximum Gasteiger partial charge on any atom is 0.198 e. The van der Waals surface area contributed by atoms with Crippen LogP contribution in [0.15, 0.2) is 36.4 Å². The Hall–Kier alpha value is -1.65. The maximum absolute atomic E-state index is 5.36. The zero-order valence-corrected chi connectivity index (χ0v) is 8.71. The lowest BCUT2D eigenvalue weighted by Crippen LogP contribution is -2.05. The van der Waals surface area contributed by atoms with E-state index in [9.17, 15) is 0 Å². The van der Waals surface area contributed by atoms with Crippen LogP contribution in [0.2, 0.25) is 0 Å². The van der Waals surface area contributed by atoms with Gasteiger partial charge in [-0.15, -0.1) is 0 Å². The Bertz CT molecular complexity index is 630. The number of anilines is 1. The summed E-state index contributed by atoms with van der Waals surface area (Å²) >= 11 is 1.56. The van der Waals surface area contributed by atoms with Gasteiger partial charge in [-0.3, -0.25) is 5.43 Å². The molecule has 74 valence electrons. The third-order valence-corrected chi connectivity index (χ3v) is 3.36. The lowest BCUT2D eigenvalue weighted by atomic mass is 10.1. The lowest BCUT2D eigenvalue weighted by Gasteiger charge is -1.96. The van der Waals surface area contributed by atoms with Crippen LogP contribution >= 0.6 is 11.3 Å². The highest BCUT2D eigenvalue weighted by Gasteiger charge is 2.05. The average Bonchev–Trinajstić information content (AvgIpc) is 2.72. The van der Waals surface area contributed by atoms with Crippen LogP contribution in [-0.4, -0.2) is 4.98 Å². The molecule has 0 radical (unpaired) electrons. The Labute approximate surface area is 90.5 Å². The fourth-order valence-corrected chi connectivity index (χ4v) is 2.52. The van der Waals surface area contributed by atoms with Crippen molar-refractivity contribution in [1.29, 1.82) is 0 Å². The van der Waals surface area contributed by atoms with E-state index < -0.39 is 0 Å². The molecular formula is C11H9N3S. The van der Waals surface area contributed by atoms with Crippen molar-refractivity contribution in [1.82, 2.24) is 4.98 Å². The number of fused-ring (bicyclic) bond motifs is 3. The van der Waals surface area contributed by atoms with E-state index in [1.807, 2.05) is 12.1 Å². The summed E-state index contributed by atoms with van der Waals surface area (Å²) in [7, 11) is 0. The van der Waals surface area contributed by atoms with Crippen molar-refractivity contribution < 1.29 is 0 Å². The molecule has 4 heteroatoms. The quantitative estimate of drug-likeness (QED) is 0.484. The number of thiazole rings is 1. The summed E-state index contributed by atoms with van der Waals surface area (Å²) in [5, 5.41) is 3.13. The number of nitrogens with two attached hydrogens (primary N) is 1. The fraction of sp³-hybridized carbons (Fsp3) is 0. The molecule has 0 saturated carbocycles. The number of rotatable bonds is 1. The first-order valence-electron chi connectivity index (χ1n) is 4.63. The number of hydrogen-bond donors (Lipinski definition) is 2. The lowest BCUT2D eigenvalue weighted by molar-refractivity contribution is 1.31. The highest BCUT2D eigenvalue weighted by Crippen LogP contribution is 2.30. The average molecular weight is 215 g/mol. The smallest absolute Gasteiger partial charge is 0.198 e. The molecule has 0 aliphatic heterocycles. The molecular weight excluding hydrogens is 206 g/mol. The second-order valence-electron chi connectivity index (χ2n) is 3.30. The van der Waals surface area contributed by atoms with Gasteiger partial charge >= 0.3 is 0 Å². The first-order valence-corrected chi connectivity index (χ1v) is 5.45. The van der Waals surface area contributed by atoms with Crippen LogP contribution in [-0.2, 0) is 0 Å². The van der Waals surface area contributed by atoms with Crippen molar-refractivity contribution in [2.45, 2.75) is 0 Å². The molecule has 3 N–H and O–H groups in total. The van der Waals surface area contributed by atoms with Gasteiger partial charge in [0.15, 0.2) is 5.13 Å². The van der Waals surface area contributed by atoms with Crippen LogP contribution in [0, 0.1) is 0 Å². The van der Waals surface area contributed by atoms with E-state index >= 15 is 0 Å². The van der Waals surface area contributed by atoms with Crippen LogP contribution in [0.5, 0.6) is 0 Å². The first-order chi connectivity index (χ1) is 7.38. The summed E-state index contributed by atoms with van der Waals surface area (Å²) < 4.78 is 1.15. The minimum atomic E-state index is 0.751. The molecule has 3 rings (SSSR count). The summed E-state index contributed by atoms with van der Waals surface area (Å²) in [6.45, 7) is 0. The van der Waals surface area contributed by atoms with E-state index in [4.69, 9.17) is 5.84 Å². The Kier molecular flexibility index (Phi) is 1.83. The predicted octanol–water partition coefficient (Wildman–Crippen LogP) is 2.74. The Morgan fingerprint density at radius 3 is 2.87 bits per heavy atom. The SMILES string of the molecule is NNc1nc2c(ccc3ccccc32)s1. The number of hydrazine groups is 1. The third-order valence-electron chi connectivity index (χ3n) is 2.41. The van der Waals surface area contributed by atoms with Gasteiger partial charge in [0.05, 0.1) is 10.2 Å². The molecule has 0 unspecified atom stereocenters. The van der Waals surface area contributed by atoms with Crippen molar-refractivity contribution >= 4 is 37.5 Å². The Morgan fingerprint density at radius 2 is 2.00 bits per heavy atom. The van der Waals surface area contributed by atoms with Gasteiger partial charge in [-0.2, -0.15) is 0 Å². The van der Waals surface area contributed by atoms with Crippen LogP contribution in [0.1, 0.15) is 0 Å². The second-order valence-corrected chi connectivity index (χ2v) is 4.33. The standard InChI is InChI=1S/C11H9N3S/c12-14-11-13-10-8-4-2-1-3-7(8)5-6-9(10)15-11/h1-6H,12H2,(H,13,14). The predicted molar refractivity (Wildman–Crippen MR) is 64.9 cm³/mol. The minimum Gasteiger partial charge on any atom is -0.300 e. The zero-order chi connectivity index (χ0) is 10.3. The molecule has 1 aromatic heterocycles. The van der Waals surface area contributed by atoms with E-state index in [1.54, 1.807) is 11.3 Å². The summed E-state index contributed by atoms with van der Waals surface area (Å²) in [6.07, 6.45) is 0. The van der Waals surface area contributed by atoms with Crippen LogP contribution in [0.25, 0.3) is 21.0 Å². The molecule has 1 heterocycles. The molecule has 3 aromatic rings.